The van der Waals surface area contributed by atoms with Crippen LogP contribution in [0.1, 0.15) is 452 Å². The number of phosphoric acid groups is 2. The Morgan fingerprint density at radius 1 is 0.260 bits per heavy atom. The number of aliphatic hydroxyl groups is 1. The van der Waals surface area contributed by atoms with Gasteiger partial charge in [0.1, 0.15) is 19.3 Å². The van der Waals surface area contributed by atoms with Gasteiger partial charge in [0.25, 0.3) is 0 Å². The Kier molecular flexibility index (Phi) is 75.0. The fourth-order valence-electron chi connectivity index (χ4n) is 13.2. The summed E-state index contributed by atoms with van der Waals surface area (Å²) in [5, 5.41) is 10.6. The molecule has 0 saturated heterocycles. The zero-order chi connectivity index (χ0) is 76.4. The zero-order valence-electron chi connectivity index (χ0n) is 68.3. The molecule has 0 rings (SSSR count). The summed E-state index contributed by atoms with van der Waals surface area (Å²) in [5.74, 6) is -0.475. The normalized spacial score (nSPS) is 13.8. The monoisotopic (exact) mass is 1520 g/mol. The molecule has 0 aliphatic heterocycles. The van der Waals surface area contributed by atoms with Gasteiger partial charge in [0, 0.05) is 25.7 Å². The van der Waals surface area contributed by atoms with Gasteiger partial charge in [-0.15, -0.1) is 0 Å². The van der Waals surface area contributed by atoms with Gasteiger partial charge in [-0.1, -0.05) is 401 Å². The predicted octanol–water partition coefficient (Wildman–Crippen LogP) is 25.8. The topological polar surface area (TPSA) is 237 Å². The van der Waals surface area contributed by atoms with Crippen LogP contribution in [-0.2, 0) is 65.4 Å². The highest BCUT2D eigenvalue weighted by Gasteiger charge is 2.30. The SMILES string of the molecule is CCCCCCCCCCCCCCCCCCCC(=O)O[C@H](COC(=O)CCCCCCCCC)COP(=O)(O)OC[C@H](O)COP(=O)(O)OC[C@@H](COC(=O)CCCCCCCCCCCCCCCCCCC(C)C)OC(=O)CCCCCCCCCCCCCCCCCCCCC(C)C. The predicted molar refractivity (Wildman–Crippen MR) is 428 cm³/mol. The van der Waals surface area contributed by atoms with E-state index >= 15 is 0 Å². The summed E-state index contributed by atoms with van der Waals surface area (Å²) < 4.78 is 68.7. The highest BCUT2D eigenvalue weighted by atomic mass is 31.2. The van der Waals surface area contributed by atoms with Gasteiger partial charge in [-0.25, -0.2) is 9.13 Å². The van der Waals surface area contributed by atoms with E-state index in [1.54, 1.807) is 0 Å². The molecular weight excluding hydrogens is 1350 g/mol. The lowest BCUT2D eigenvalue weighted by Crippen LogP contribution is -2.30. The second-order valence-corrected chi connectivity index (χ2v) is 34.4. The van der Waals surface area contributed by atoms with Crippen molar-refractivity contribution in [1.82, 2.24) is 0 Å². The highest BCUT2D eigenvalue weighted by Crippen LogP contribution is 2.45. The van der Waals surface area contributed by atoms with Gasteiger partial charge in [-0.05, 0) is 37.5 Å². The lowest BCUT2D eigenvalue weighted by Gasteiger charge is -2.21. The average molecular weight is 1520 g/mol. The molecule has 104 heavy (non-hydrogen) atoms. The molecule has 0 aliphatic carbocycles. The maximum absolute atomic E-state index is 13.1. The van der Waals surface area contributed by atoms with Gasteiger partial charge in [-0.3, -0.25) is 37.3 Å². The van der Waals surface area contributed by atoms with Gasteiger partial charge in [-0.2, -0.15) is 0 Å². The van der Waals surface area contributed by atoms with Crippen LogP contribution in [0, 0.1) is 11.8 Å². The minimum atomic E-state index is -4.96. The summed E-state index contributed by atoms with van der Waals surface area (Å²) in [6, 6.07) is 0. The number of unbranched alkanes of at least 4 members (excludes halogenated alkanes) is 54. The highest BCUT2D eigenvalue weighted by molar-refractivity contribution is 7.47. The number of hydrogen-bond donors (Lipinski definition) is 3. The van der Waals surface area contributed by atoms with E-state index in [2.05, 4.69) is 41.5 Å². The van der Waals surface area contributed by atoms with Crippen LogP contribution in [0.5, 0.6) is 0 Å². The molecule has 0 aromatic carbocycles. The molecule has 0 aromatic heterocycles. The Morgan fingerprint density at radius 3 is 0.654 bits per heavy atom. The number of phosphoric ester groups is 2. The number of esters is 4. The molecule has 0 aromatic rings. The first-order valence-corrected chi connectivity index (χ1v) is 47.0. The molecule has 0 amide bonds. The number of ether oxygens (including phenoxy) is 4. The van der Waals surface area contributed by atoms with Crippen molar-refractivity contribution in [2.75, 3.05) is 39.6 Å². The first kappa shape index (κ1) is 102. The van der Waals surface area contributed by atoms with Crippen molar-refractivity contribution < 1.29 is 80.2 Å². The largest absolute Gasteiger partial charge is 0.472 e. The van der Waals surface area contributed by atoms with Crippen molar-refractivity contribution >= 4 is 39.5 Å². The second kappa shape index (κ2) is 76.4. The van der Waals surface area contributed by atoms with Crippen LogP contribution in [0.3, 0.4) is 0 Å². The standard InChI is InChI=1S/C85H166O17P2/c1-7-9-11-13-15-16-17-18-19-22-30-35-40-45-51-57-63-69-84(89)101-80(73-95-82(87)67-61-55-47-14-12-10-8-2)75-99-103(91,92)97-71-79(86)72-98-104(93,94)100-76-81(74-96-83(88)68-62-56-50-44-39-34-29-26-25-28-33-38-43-49-54-60-66-78(5)6)102-85(90)70-64-58-52-46-41-36-31-24-21-20-23-27-32-37-42-48-53-59-65-77(3)4/h77-81,86H,7-76H2,1-6H3,(H,91,92)(H,93,94)/t79-,80+,81+/m0/s1. The lowest BCUT2D eigenvalue weighted by atomic mass is 10.0. The molecule has 3 N–H and O–H groups in total. The molecule has 0 bridgehead atoms. The van der Waals surface area contributed by atoms with Gasteiger partial charge in [0.2, 0.25) is 0 Å². The van der Waals surface area contributed by atoms with E-state index in [9.17, 15) is 43.2 Å². The summed E-state index contributed by atoms with van der Waals surface area (Å²) in [7, 11) is -9.92. The Morgan fingerprint density at radius 2 is 0.442 bits per heavy atom. The van der Waals surface area contributed by atoms with E-state index in [1.165, 1.54) is 257 Å². The Bertz CT molecular complexity index is 1990. The fourth-order valence-corrected chi connectivity index (χ4v) is 14.8. The second-order valence-electron chi connectivity index (χ2n) is 31.5. The van der Waals surface area contributed by atoms with E-state index in [1.807, 2.05) is 0 Å². The van der Waals surface area contributed by atoms with Gasteiger partial charge in [0.05, 0.1) is 26.4 Å². The average Bonchev–Trinajstić information content (AvgIpc) is 0.908. The molecule has 17 nitrogen and oxygen atoms in total. The summed E-state index contributed by atoms with van der Waals surface area (Å²) in [4.78, 5) is 73.0. The molecule has 2 unspecified atom stereocenters. The fraction of sp³-hybridized carbons (Fsp3) is 0.953. The molecule has 0 radical (unpaired) electrons. The van der Waals surface area contributed by atoms with Crippen LogP contribution in [-0.4, -0.2) is 96.7 Å². The quantitative estimate of drug-likeness (QED) is 0.0222. The summed E-state index contributed by atoms with van der Waals surface area (Å²) >= 11 is 0. The first-order chi connectivity index (χ1) is 50.4. The van der Waals surface area contributed by atoms with Crippen molar-refractivity contribution in [1.29, 1.82) is 0 Å². The third-order valence-electron chi connectivity index (χ3n) is 20.0. The molecule has 5 atom stereocenters. The zero-order valence-corrected chi connectivity index (χ0v) is 70.1. The summed E-state index contributed by atoms with van der Waals surface area (Å²) in [6.45, 7) is 9.69. The van der Waals surface area contributed by atoms with Crippen LogP contribution in [0.4, 0.5) is 0 Å². The molecule has 0 aliphatic rings. The molecular formula is C85H166O17P2. The lowest BCUT2D eigenvalue weighted by molar-refractivity contribution is -0.161. The van der Waals surface area contributed by atoms with E-state index in [4.69, 9.17) is 37.0 Å². The molecule has 0 heterocycles. The molecule has 0 fully saturated rings. The van der Waals surface area contributed by atoms with Crippen molar-refractivity contribution in [2.24, 2.45) is 11.8 Å². The van der Waals surface area contributed by atoms with Gasteiger partial charge >= 0.3 is 39.5 Å². The minimum Gasteiger partial charge on any atom is -0.462 e. The van der Waals surface area contributed by atoms with Crippen LogP contribution in [0.15, 0.2) is 0 Å². The third kappa shape index (κ3) is 78.2. The molecule has 0 spiro atoms. The van der Waals surface area contributed by atoms with E-state index in [0.29, 0.717) is 25.7 Å². The number of rotatable bonds is 84. The Labute approximate surface area is 638 Å². The van der Waals surface area contributed by atoms with Crippen LogP contribution < -0.4 is 0 Å². The van der Waals surface area contributed by atoms with Crippen molar-refractivity contribution in [3.63, 3.8) is 0 Å². The summed E-state index contributed by atoms with van der Waals surface area (Å²) in [5.41, 5.74) is 0. The molecule has 19 heteroatoms. The summed E-state index contributed by atoms with van der Waals surface area (Å²) in [6.07, 6.45) is 68.2. The number of aliphatic hydroxyl groups excluding tert-OH is 1. The first-order valence-electron chi connectivity index (χ1n) is 44.0. The molecule has 618 valence electrons. The van der Waals surface area contributed by atoms with E-state index < -0.39 is 97.5 Å². The van der Waals surface area contributed by atoms with Crippen molar-refractivity contribution in [2.45, 2.75) is 471 Å². The van der Waals surface area contributed by atoms with Crippen LogP contribution >= 0.6 is 15.6 Å². The Balaban J connectivity index is 5.16. The maximum atomic E-state index is 13.1. The number of hydrogen-bond acceptors (Lipinski definition) is 15. The third-order valence-corrected chi connectivity index (χ3v) is 21.9. The van der Waals surface area contributed by atoms with Crippen molar-refractivity contribution in [3.8, 4) is 0 Å². The number of carbonyl (C=O) groups excluding carboxylic acids is 4. The number of carbonyl (C=O) groups is 4. The van der Waals surface area contributed by atoms with Gasteiger partial charge < -0.3 is 33.8 Å². The Hall–Kier alpha value is -1.94. The molecule has 0 saturated carbocycles. The smallest absolute Gasteiger partial charge is 0.462 e. The van der Waals surface area contributed by atoms with E-state index in [0.717, 1.165) is 115 Å². The van der Waals surface area contributed by atoms with Crippen LogP contribution in [0.25, 0.3) is 0 Å². The maximum Gasteiger partial charge on any atom is 0.472 e. The minimum absolute atomic E-state index is 0.108. The van der Waals surface area contributed by atoms with Crippen molar-refractivity contribution in [3.05, 3.63) is 0 Å². The van der Waals surface area contributed by atoms with Crippen LogP contribution in [0.2, 0.25) is 0 Å². The van der Waals surface area contributed by atoms with E-state index in [-0.39, 0.29) is 25.7 Å². The van der Waals surface area contributed by atoms with Gasteiger partial charge in [0.15, 0.2) is 12.2 Å².